The van der Waals surface area contributed by atoms with E-state index in [1.807, 2.05) is 0 Å². The van der Waals surface area contributed by atoms with Crippen molar-refractivity contribution in [1.29, 1.82) is 0 Å². The Morgan fingerprint density at radius 1 is 1.26 bits per heavy atom. The van der Waals surface area contributed by atoms with Crippen LogP contribution in [0.3, 0.4) is 0 Å². The molecule has 27 heavy (non-hydrogen) atoms. The van der Waals surface area contributed by atoms with Crippen molar-refractivity contribution < 1.29 is 14.5 Å². The Morgan fingerprint density at radius 3 is 2.56 bits per heavy atom. The first-order valence-electron chi connectivity index (χ1n) is 8.10. The molecule has 0 saturated heterocycles. The van der Waals surface area contributed by atoms with Gasteiger partial charge in [-0.15, -0.1) is 5.10 Å². The molecule has 0 unspecified atom stereocenters. The molecule has 2 aromatic carbocycles. The zero-order valence-electron chi connectivity index (χ0n) is 14.9. The summed E-state index contributed by atoms with van der Waals surface area (Å²) in [4.78, 5) is 23.8. The Hall–Kier alpha value is -2.81. The molecule has 0 aliphatic heterocycles. The molecule has 9 heteroatoms. The van der Waals surface area contributed by atoms with E-state index in [4.69, 9.17) is 4.74 Å². The molecule has 3 rings (SSSR count). The number of nitro groups is 1. The van der Waals surface area contributed by atoms with Crippen LogP contribution in [0.1, 0.15) is 35.9 Å². The summed E-state index contributed by atoms with van der Waals surface area (Å²) in [6.07, 6.45) is -1.06. The number of hydrogen-bond acceptors (Lipinski definition) is 6. The smallest absolute Gasteiger partial charge is 0.339 e. The molecule has 0 aliphatic carbocycles. The number of nitrogens with zero attached hydrogens (tertiary/aromatic N) is 4. The summed E-state index contributed by atoms with van der Waals surface area (Å²) in [5, 5.41) is 19.5. The van der Waals surface area contributed by atoms with E-state index in [2.05, 4.69) is 26.2 Å². The molecule has 0 N–H and O–H groups in total. The average Bonchev–Trinajstić information content (AvgIpc) is 3.00. The number of halogens is 1. The molecule has 0 radical (unpaired) electrons. The fourth-order valence-corrected chi connectivity index (χ4v) is 2.96. The second-order valence-electron chi connectivity index (χ2n) is 6.66. The molecule has 0 saturated carbocycles. The number of ether oxygens (including phenoxy) is 1. The Labute approximate surface area is 163 Å². The van der Waals surface area contributed by atoms with Gasteiger partial charge in [-0.05, 0) is 35.9 Å². The van der Waals surface area contributed by atoms with Gasteiger partial charge in [0.1, 0.15) is 5.52 Å². The van der Waals surface area contributed by atoms with Gasteiger partial charge in [-0.1, -0.05) is 33.3 Å². The third kappa shape index (κ3) is 3.68. The molecule has 3 aromatic rings. The number of carbonyl (C=O) groups excluding carboxylic acids is 1. The van der Waals surface area contributed by atoms with Crippen molar-refractivity contribution >= 4 is 32.9 Å². The van der Waals surface area contributed by atoms with Gasteiger partial charge in [-0.25, -0.2) is 9.48 Å². The molecule has 0 fully saturated rings. The summed E-state index contributed by atoms with van der Waals surface area (Å²) < 4.78 is 8.00. The van der Waals surface area contributed by atoms with Gasteiger partial charge in [0.25, 0.3) is 5.54 Å². The number of fused-ring (bicyclic) bond motifs is 1. The summed E-state index contributed by atoms with van der Waals surface area (Å²) >= 11 is 3.33. The maximum absolute atomic E-state index is 12.7. The van der Waals surface area contributed by atoms with Crippen LogP contribution in [-0.4, -0.2) is 31.4 Å². The molecular weight excluding hydrogens is 416 g/mol. The van der Waals surface area contributed by atoms with Gasteiger partial charge in [0.05, 0.1) is 11.1 Å². The van der Waals surface area contributed by atoms with Crippen molar-refractivity contribution in [2.45, 2.75) is 25.5 Å². The van der Waals surface area contributed by atoms with Gasteiger partial charge in [0.15, 0.2) is 6.10 Å². The topological polar surface area (TPSA) is 100 Å². The van der Waals surface area contributed by atoms with Crippen LogP contribution in [0.25, 0.3) is 11.0 Å². The number of aryl methyl sites for hydroxylation is 1. The van der Waals surface area contributed by atoms with E-state index in [1.165, 1.54) is 13.8 Å². The summed E-state index contributed by atoms with van der Waals surface area (Å²) in [7, 11) is 1.75. The zero-order valence-corrected chi connectivity index (χ0v) is 16.5. The summed E-state index contributed by atoms with van der Waals surface area (Å²) in [5.41, 5.74) is 0.584. The third-order valence-corrected chi connectivity index (χ3v) is 4.88. The van der Waals surface area contributed by atoms with Gasteiger partial charge in [0, 0.05) is 30.3 Å². The highest BCUT2D eigenvalue weighted by molar-refractivity contribution is 9.10. The molecule has 1 aromatic heterocycles. The lowest BCUT2D eigenvalue weighted by atomic mass is 9.91. The molecule has 8 nitrogen and oxygen atoms in total. The zero-order chi connectivity index (χ0) is 19.8. The minimum atomic E-state index is -1.51. The average molecular weight is 433 g/mol. The minimum absolute atomic E-state index is 0.254. The number of esters is 1. The van der Waals surface area contributed by atoms with Crippen molar-refractivity contribution in [2.24, 2.45) is 7.05 Å². The molecule has 0 aliphatic rings. The Morgan fingerprint density at radius 2 is 1.93 bits per heavy atom. The fourth-order valence-electron chi connectivity index (χ4n) is 2.70. The van der Waals surface area contributed by atoms with E-state index < -0.39 is 22.5 Å². The van der Waals surface area contributed by atoms with Crippen LogP contribution in [0.4, 0.5) is 0 Å². The molecule has 0 bridgehead atoms. The first kappa shape index (κ1) is 19.0. The standard InChI is InChI=1S/C18H17BrN4O4/c1-18(2,23(25)26)16(11-4-7-13(19)8-5-11)27-17(24)12-6-9-15-14(10-12)20-21-22(15)3/h4-10,16H,1-3H3/t16-/m0/s1. The minimum Gasteiger partial charge on any atom is -0.446 e. The highest BCUT2D eigenvalue weighted by Crippen LogP contribution is 2.33. The van der Waals surface area contributed by atoms with E-state index in [1.54, 1.807) is 54.2 Å². The van der Waals surface area contributed by atoms with Crippen molar-refractivity contribution in [2.75, 3.05) is 0 Å². The highest BCUT2D eigenvalue weighted by atomic mass is 79.9. The Kier molecular flexibility index (Phi) is 4.97. The van der Waals surface area contributed by atoms with Crippen LogP contribution in [0, 0.1) is 10.1 Å². The van der Waals surface area contributed by atoms with Crippen LogP contribution in [0.5, 0.6) is 0 Å². The molecule has 1 atom stereocenters. The SMILES string of the molecule is Cn1nnc2cc(C(=O)O[C@@H](c3ccc(Br)cc3)C(C)(C)[N+](=O)[O-])ccc21. The lowest BCUT2D eigenvalue weighted by Gasteiger charge is -2.27. The van der Waals surface area contributed by atoms with Gasteiger partial charge in [0.2, 0.25) is 0 Å². The van der Waals surface area contributed by atoms with E-state index in [0.29, 0.717) is 11.1 Å². The van der Waals surface area contributed by atoms with E-state index in [-0.39, 0.29) is 5.56 Å². The first-order valence-corrected chi connectivity index (χ1v) is 8.90. The predicted molar refractivity (Wildman–Crippen MR) is 102 cm³/mol. The lowest BCUT2D eigenvalue weighted by molar-refractivity contribution is -0.574. The number of benzene rings is 2. The molecular formula is C18H17BrN4O4. The molecule has 0 amide bonds. The molecule has 0 spiro atoms. The van der Waals surface area contributed by atoms with Gasteiger partial charge in [-0.3, -0.25) is 10.1 Å². The second-order valence-corrected chi connectivity index (χ2v) is 7.58. The number of aromatic nitrogens is 3. The number of carbonyl (C=O) groups is 1. The van der Waals surface area contributed by atoms with Crippen molar-refractivity contribution in [3.8, 4) is 0 Å². The van der Waals surface area contributed by atoms with E-state index in [9.17, 15) is 14.9 Å². The van der Waals surface area contributed by atoms with Crippen LogP contribution >= 0.6 is 15.9 Å². The van der Waals surface area contributed by atoms with E-state index >= 15 is 0 Å². The maximum atomic E-state index is 12.7. The normalized spacial score (nSPS) is 12.7. The first-order chi connectivity index (χ1) is 12.7. The van der Waals surface area contributed by atoms with Crippen LogP contribution < -0.4 is 0 Å². The number of rotatable bonds is 5. The Balaban J connectivity index is 1.95. The molecule has 140 valence electrons. The van der Waals surface area contributed by atoms with Gasteiger partial charge < -0.3 is 4.74 Å². The predicted octanol–water partition coefficient (Wildman–Crippen LogP) is 3.68. The highest BCUT2D eigenvalue weighted by Gasteiger charge is 2.45. The quantitative estimate of drug-likeness (QED) is 0.346. The monoisotopic (exact) mass is 432 g/mol. The van der Waals surface area contributed by atoms with Crippen molar-refractivity contribution in [3.05, 3.63) is 68.2 Å². The summed E-state index contributed by atoms with van der Waals surface area (Å²) in [6, 6.07) is 11.7. The Bertz CT molecular complexity index is 1010. The molecule has 1 heterocycles. The van der Waals surface area contributed by atoms with Crippen molar-refractivity contribution in [1.82, 2.24) is 15.0 Å². The lowest BCUT2D eigenvalue weighted by Crippen LogP contribution is -2.40. The van der Waals surface area contributed by atoms with Gasteiger partial charge in [-0.2, -0.15) is 0 Å². The second kappa shape index (κ2) is 7.07. The van der Waals surface area contributed by atoms with Crippen LogP contribution in [-0.2, 0) is 11.8 Å². The van der Waals surface area contributed by atoms with Gasteiger partial charge >= 0.3 is 5.97 Å². The summed E-state index contributed by atoms with van der Waals surface area (Å²) in [5.74, 6) is -0.662. The van der Waals surface area contributed by atoms with Crippen LogP contribution in [0.2, 0.25) is 0 Å². The largest absolute Gasteiger partial charge is 0.446 e. The third-order valence-electron chi connectivity index (χ3n) is 4.36. The van der Waals surface area contributed by atoms with Crippen LogP contribution in [0.15, 0.2) is 46.9 Å². The number of hydrogen-bond donors (Lipinski definition) is 0. The summed E-state index contributed by atoms with van der Waals surface area (Å²) in [6.45, 7) is 2.86. The van der Waals surface area contributed by atoms with Crippen molar-refractivity contribution in [3.63, 3.8) is 0 Å². The maximum Gasteiger partial charge on any atom is 0.339 e. The fraction of sp³-hybridized carbons (Fsp3) is 0.278. The van der Waals surface area contributed by atoms with E-state index in [0.717, 1.165) is 9.99 Å².